The van der Waals surface area contributed by atoms with Gasteiger partial charge >= 0.3 is 0 Å². The van der Waals surface area contributed by atoms with Crippen LogP contribution in [-0.4, -0.2) is 5.91 Å². The van der Waals surface area contributed by atoms with Crippen LogP contribution in [0.3, 0.4) is 0 Å². The molecule has 0 saturated heterocycles. The number of carbonyl (C=O) groups is 1. The zero-order valence-electron chi connectivity index (χ0n) is 11.5. The number of anilines is 1. The van der Waals surface area contributed by atoms with E-state index in [2.05, 4.69) is 5.32 Å². The van der Waals surface area contributed by atoms with Crippen LogP contribution in [0.25, 0.3) is 0 Å². The Morgan fingerprint density at radius 2 is 1.90 bits per heavy atom. The van der Waals surface area contributed by atoms with E-state index in [4.69, 9.17) is 11.6 Å². The van der Waals surface area contributed by atoms with Gasteiger partial charge in [-0.05, 0) is 49.1 Å². The first-order valence-electron chi connectivity index (χ1n) is 6.67. The number of halogens is 1. The summed E-state index contributed by atoms with van der Waals surface area (Å²) in [6.45, 7) is 3.95. The molecule has 0 bridgehead atoms. The third kappa shape index (κ3) is 2.01. The Kier molecular flexibility index (Phi) is 3.06. The quantitative estimate of drug-likeness (QED) is 0.884. The van der Waals surface area contributed by atoms with Crippen LogP contribution in [0.5, 0.6) is 0 Å². The molecule has 0 aromatic heterocycles. The van der Waals surface area contributed by atoms with E-state index in [1.165, 1.54) is 0 Å². The molecule has 0 spiro atoms. The van der Waals surface area contributed by atoms with E-state index in [-0.39, 0.29) is 5.91 Å². The summed E-state index contributed by atoms with van der Waals surface area (Å²) < 4.78 is 0. The topological polar surface area (TPSA) is 29.1 Å². The second-order valence-electron chi connectivity index (χ2n) is 5.59. The molecule has 1 unspecified atom stereocenters. The molecule has 0 saturated carbocycles. The van der Waals surface area contributed by atoms with E-state index in [0.717, 1.165) is 22.4 Å². The molecule has 102 valence electrons. The summed E-state index contributed by atoms with van der Waals surface area (Å²) in [5.41, 5.74) is 3.51. The summed E-state index contributed by atoms with van der Waals surface area (Å²) in [5.74, 6) is 0.0433. The molecule has 1 heterocycles. The van der Waals surface area contributed by atoms with Crippen molar-refractivity contribution in [1.82, 2.24) is 0 Å². The molecule has 2 aromatic rings. The summed E-state index contributed by atoms with van der Waals surface area (Å²) in [6.07, 6.45) is 0.673. The fourth-order valence-corrected chi connectivity index (χ4v) is 3.17. The van der Waals surface area contributed by atoms with Gasteiger partial charge in [0.05, 0.1) is 5.41 Å². The lowest BCUT2D eigenvalue weighted by atomic mass is 9.78. The number of aryl methyl sites for hydroxylation is 1. The predicted molar refractivity (Wildman–Crippen MR) is 82.3 cm³/mol. The molecule has 1 amide bonds. The van der Waals surface area contributed by atoms with Gasteiger partial charge in [0.1, 0.15) is 0 Å². The van der Waals surface area contributed by atoms with E-state index in [1.54, 1.807) is 0 Å². The Bertz CT molecular complexity index is 681. The predicted octanol–water partition coefficient (Wildman–Crippen LogP) is 4.10. The standard InChI is InChI=1S/C17H16ClNO/c1-11-8-13(18)9-14-15(11)19-16(20)17(14,2)10-12-6-4-3-5-7-12/h3-9H,10H2,1-2H3,(H,19,20). The van der Waals surface area contributed by atoms with Crippen molar-refractivity contribution >= 4 is 23.2 Å². The summed E-state index contributed by atoms with van der Waals surface area (Å²) >= 11 is 6.17. The van der Waals surface area contributed by atoms with E-state index in [1.807, 2.05) is 56.3 Å². The third-order valence-electron chi connectivity index (χ3n) is 4.03. The van der Waals surface area contributed by atoms with Crippen molar-refractivity contribution in [2.24, 2.45) is 0 Å². The number of amides is 1. The first kappa shape index (κ1) is 13.2. The van der Waals surface area contributed by atoms with Gasteiger partial charge in [-0.1, -0.05) is 41.9 Å². The summed E-state index contributed by atoms with van der Waals surface area (Å²) in [4.78, 5) is 12.5. The molecule has 0 fully saturated rings. The Labute approximate surface area is 123 Å². The Hall–Kier alpha value is -1.80. The average Bonchev–Trinajstić information content (AvgIpc) is 2.65. The van der Waals surface area contributed by atoms with E-state index < -0.39 is 5.41 Å². The number of benzene rings is 2. The van der Waals surface area contributed by atoms with Gasteiger partial charge in [-0.15, -0.1) is 0 Å². The molecule has 0 radical (unpaired) electrons. The largest absolute Gasteiger partial charge is 0.325 e. The number of fused-ring (bicyclic) bond motifs is 1. The minimum Gasteiger partial charge on any atom is -0.325 e. The normalized spacial score (nSPS) is 20.6. The summed E-state index contributed by atoms with van der Waals surface area (Å²) in [7, 11) is 0. The molecule has 2 nitrogen and oxygen atoms in total. The highest BCUT2D eigenvalue weighted by Gasteiger charge is 2.43. The minimum atomic E-state index is -0.563. The number of hydrogen-bond donors (Lipinski definition) is 1. The van der Waals surface area contributed by atoms with Crippen molar-refractivity contribution in [2.75, 3.05) is 5.32 Å². The van der Waals surface area contributed by atoms with Crippen LogP contribution in [0, 0.1) is 6.92 Å². The van der Waals surface area contributed by atoms with Gasteiger partial charge in [-0.25, -0.2) is 0 Å². The smallest absolute Gasteiger partial charge is 0.235 e. The second kappa shape index (κ2) is 4.64. The van der Waals surface area contributed by atoms with Gasteiger partial charge in [0.2, 0.25) is 5.91 Å². The summed E-state index contributed by atoms with van der Waals surface area (Å²) in [6, 6.07) is 13.9. The molecule has 2 aromatic carbocycles. The third-order valence-corrected chi connectivity index (χ3v) is 4.25. The monoisotopic (exact) mass is 285 g/mol. The average molecular weight is 286 g/mol. The first-order valence-corrected chi connectivity index (χ1v) is 7.04. The molecule has 0 aliphatic carbocycles. The van der Waals surface area contributed by atoms with Crippen LogP contribution in [0.2, 0.25) is 5.02 Å². The SMILES string of the molecule is Cc1cc(Cl)cc2c1NC(=O)C2(C)Cc1ccccc1. The highest BCUT2D eigenvalue weighted by molar-refractivity contribution is 6.31. The van der Waals surface area contributed by atoms with Crippen molar-refractivity contribution in [2.45, 2.75) is 25.7 Å². The molecule has 3 heteroatoms. The molecule has 3 rings (SSSR count). The summed E-state index contributed by atoms with van der Waals surface area (Å²) in [5, 5.41) is 3.68. The number of carbonyl (C=O) groups excluding carboxylic acids is 1. The maximum absolute atomic E-state index is 12.5. The first-order chi connectivity index (χ1) is 9.50. The lowest BCUT2D eigenvalue weighted by molar-refractivity contribution is -0.120. The molecule has 1 atom stereocenters. The maximum Gasteiger partial charge on any atom is 0.235 e. The fraction of sp³-hybridized carbons (Fsp3) is 0.235. The van der Waals surface area contributed by atoms with Crippen LogP contribution in [-0.2, 0) is 16.6 Å². The van der Waals surface area contributed by atoms with Crippen LogP contribution >= 0.6 is 11.6 Å². The lowest BCUT2D eigenvalue weighted by Gasteiger charge is -2.22. The molecule has 1 aliphatic rings. The van der Waals surface area contributed by atoms with Crippen molar-refractivity contribution < 1.29 is 4.79 Å². The Morgan fingerprint density at radius 3 is 2.60 bits per heavy atom. The number of rotatable bonds is 2. The molecular formula is C17H16ClNO. The minimum absolute atomic E-state index is 0.0433. The van der Waals surface area contributed by atoms with E-state index >= 15 is 0 Å². The van der Waals surface area contributed by atoms with Gasteiger partial charge in [-0.2, -0.15) is 0 Å². The lowest BCUT2D eigenvalue weighted by Crippen LogP contribution is -2.33. The van der Waals surface area contributed by atoms with Crippen molar-refractivity contribution in [3.8, 4) is 0 Å². The van der Waals surface area contributed by atoms with E-state index in [0.29, 0.717) is 11.4 Å². The molecule has 1 aliphatic heterocycles. The maximum atomic E-state index is 12.5. The van der Waals surface area contributed by atoms with Gasteiger partial charge in [0.15, 0.2) is 0 Å². The van der Waals surface area contributed by atoms with Crippen LogP contribution in [0.1, 0.15) is 23.6 Å². The molecule has 1 N–H and O–H groups in total. The Morgan fingerprint density at radius 1 is 1.20 bits per heavy atom. The van der Waals surface area contributed by atoms with E-state index in [9.17, 15) is 4.79 Å². The Balaban J connectivity index is 2.09. The van der Waals surface area contributed by atoms with Crippen molar-refractivity contribution in [3.63, 3.8) is 0 Å². The van der Waals surface area contributed by atoms with Crippen molar-refractivity contribution in [1.29, 1.82) is 0 Å². The van der Waals surface area contributed by atoms with Crippen LogP contribution in [0.15, 0.2) is 42.5 Å². The highest BCUT2D eigenvalue weighted by atomic mass is 35.5. The zero-order chi connectivity index (χ0) is 14.3. The van der Waals surface area contributed by atoms with Gasteiger partial charge in [0.25, 0.3) is 0 Å². The van der Waals surface area contributed by atoms with Crippen LogP contribution < -0.4 is 5.32 Å². The fourth-order valence-electron chi connectivity index (χ4n) is 2.90. The van der Waals surface area contributed by atoms with Gasteiger partial charge in [0, 0.05) is 10.7 Å². The van der Waals surface area contributed by atoms with Gasteiger partial charge in [-0.3, -0.25) is 4.79 Å². The molecular weight excluding hydrogens is 270 g/mol. The van der Waals surface area contributed by atoms with Gasteiger partial charge < -0.3 is 5.32 Å². The number of hydrogen-bond acceptors (Lipinski definition) is 1. The number of nitrogens with one attached hydrogen (secondary N) is 1. The second-order valence-corrected chi connectivity index (χ2v) is 6.03. The van der Waals surface area contributed by atoms with Crippen LogP contribution in [0.4, 0.5) is 5.69 Å². The molecule has 20 heavy (non-hydrogen) atoms. The van der Waals surface area contributed by atoms with Crippen molar-refractivity contribution in [3.05, 3.63) is 64.2 Å². The zero-order valence-corrected chi connectivity index (χ0v) is 12.3. The highest BCUT2D eigenvalue weighted by Crippen LogP contribution is 2.43.